The maximum atomic E-state index is 13.6. The van der Waals surface area contributed by atoms with E-state index in [2.05, 4.69) is 5.32 Å². The zero-order valence-corrected chi connectivity index (χ0v) is 19.8. The van der Waals surface area contributed by atoms with Crippen molar-refractivity contribution in [1.29, 1.82) is 0 Å². The number of Topliss-reactive ketones (excluding diaryl/α,β-unsaturated/α-hetero) is 1. The van der Waals surface area contributed by atoms with Gasteiger partial charge in [-0.25, -0.2) is 4.79 Å². The van der Waals surface area contributed by atoms with Crippen LogP contribution in [0, 0.1) is 0 Å². The molecule has 2 aliphatic rings. The van der Waals surface area contributed by atoms with Crippen LogP contribution in [0.3, 0.4) is 0 Å². The van der Waals surface area contributed by atoms with Crippen molar-refractivity contribution in [1.82, 2.24) is 5.32 Å². The van der Waals surface area contributed by atoms with Crippen molar-refractivity contribution in [2.75, 3.05) is 21.3 Å². The molecular formula is C26H26ClNO5. The molecule has 0 spiro atoms. The molecule has 2 aromatic rings. The van der Waals surface area contributed by atoms with Crippen LogP contribution >= 0.6 is 11.6 Å². The minimum absolute atomic E-state index is 0.0117. The molecule has 2 aromatic carbocycles. The Hall–Kier alpha value is -3.25. The zero-order chi connectivity index (χ0) is 23.7. The number of hydrogen-bond acceptors (Lipinski definition) is 6. The number of ether oxygens (including phenoxy) is 3. The van der Waals surface area contributed by atoms with Gasteiger partial charge < -0.3 is 19.5 Å². The Kier molecular flexibility index (Phi) is 6.47. The Balaban J connectivity index is 1.78. The predicted molar refractivity (Wildman–Crippen MR) is 126 cm³/mol. The summed E-state index contributed by atoms with van der Waals surface area (Å²) < 4.78 is 15.9. The van der Waals surface area contributed by atoms with Gasteiger partial charge in [0.2, 0.25) is 0 Å². The summed E-state index contributed by atoms with van der Waals surface area (Å²) in [7, 11) is 4.53. The van der Waals surface area contributed by atoms with Crippen molar-refractivity contribution >= 4 is 23.4 Å². The number of hydrogen-bond donors (Lipinski definition) is 1. The maximum Gasteiger partial charge on any atom is 0.336 e. The first-order chi connectivity index (χ1) is 15.9. The fourth-order valence-corrected chi connectivity index (χ4v) is 4.98. The van der Waals surface area contributed by atoms with Gasteiger partial charge >= 0.3 is 5.97 Å². The number of benzene rings is 2. The largest absolute Gasteiger partial charge is 0.493 e. The smallest absolute Gasteiger partial charge is 0.336 e. The number of rotatable bonds is 5. The van der Waals surface area contributed by atoms with Crippen LogP contribution in [0.1, 0.15) is 42.7 Å². The highest BCUT2D eigenvalue weighted by Crippen LogP contribution is 2.46. The molecular weight excluding hydrogens is 442 g/mol. The Morgan fingerprint density at radius 1 is 1.00 bits per heavy atom. The summed E-state index contributed by atoms with van der Waals surface area (Å²) in [6.07, 6.45) is 0.944. The summed E-state index contributed by atoms with van der Waals surface area (Å²) in [5, 5.41) is 3.87. The molecule has 172 valence electrons. The van der Waals surface area contributed by atoms with Gasteiger partial charge in [-0.05, 0) is 54.7 Å². The lowest BCUT2D eigenvalue weighted by Gasteiger charge is -2.36. The summed E-state index contributed by atoms with van der Waals surface area (Å²) in [6.45, 7) is 1.83. The number of esters is 1. The van der Waals surface area contributed by atoms with Gasteiger partial charge in [-0.3, -0.25) is 4.79 Å². The van der Waals surface area contributed by atoms with E-state index in [1.807, 2.05) is 37.3 Å². The number of ketones is 1. The Labute approximate surface area is 198 Å². The summed E-state index contributed by atoms with van der Waals surface area (Å²) in [5.41, 5.74) is 4.30. The van der Waals surface area contributed by atoms with Gasteiger partial charge in [0.15, 0.2) is 17.3 Å². The minimum Gasteiger partial charge on any atom is -0.493 e. The molecule has 33 heavy (non-hydrogen) atoms. The fourth-order valence-electron chi connectivity index (χ4n) is 4.78. The van der Waals surface area contributed by atoms with E-state index < -0.39 is 11.9 Å². The van der Waals surface area contributed by atoms with Crippen LogP contribution in [-0.2, 0) is 14.3 Å². The summed E-state index contributed by atoms with van der Waals surface area (Å²) in [6, 6.07) is 13.0. The van der Waals surface area contributed by atoms with E-state index in [9.17, 15) is 9.59 Å². The average Bonchev–Trinajstić information content (AvgIpc) is 2.82. The number of carbonyl (C=O) groups is 2. The lowest BCUT2D eigenvalue weighted by atomic mass is 9.71. The highest BCUT2D eigenvalue weighted by molar-refractivity contribution is 6.30. The van der Waals surface area contributed by atoms with E-state index in [-0.39, 0.29) is 11.7 Å². The van der Waals surface area contributed by atoms with Gasteiger partial charge in [-0.2, -0.15) is 0 Å². The molecule has 0 unspecified atom stereocenters. The molecule has 0 saturated carbocycles. The third-order valence-corrected chi connectivity index (χ3v) is 6.53. The second-order valence-electron chi connectivity index (χ2n) is 8.18. The van der Waals surface area contributed by atoms with Gasteiger partial charge in [0.05, 0.1) is 26.9 Å². The molecule has 0 saturated heterocycles. The molecule has 0 aromatic heterocycles. The SMILES string of the molecule is COC(=O)C1=C(C)NC2=C(C(=O)C[C@H](c3ccc(OC)c(OC)c3)C2)[C@H]1c1cccc(Cl)c1. The van der Waals surface area contributed by atoms with Crippen molar-refractivity contribution < 1.29 is 23.8 Å². The van der Waals surface area contributed by atoms with E-state index in [1.165, 1.54) is 7.11 Å². The lowest BCUT2D eigenvalue weighted by molar-refractivity contribution is -0.136. The molecule has 6 nitrogen and oxygen atoms in total. The normalized spacial score (nSPS) is 20.2. The summed E-state index contributed by atoms with van der Waals surface area (Å²) in [5.74, 6) is 0.220. The first-order valence-corrected chi connectivity index (χ1v) is 11.1. The number of halogens is 1. The monoisotopic (exact) mass is 467 g/mol. The van der Waals surface area contributed by atoms with E-state index in [0.29, 0.717) is 46.2 Å². The van der Waals surface area contributed by atoms with E-state index in [4.69, 9.17) is 25.8 Å². The third kappa shape index (κ3) is 4.23. The number of carbonyl (C=O) groups excluding carboxylic acids is 2. The van der Waals surface area contributed by atoms with E-state index in [0.717, 1.165) is 16.8 Å². The van der Waals surface area contributed by atoms with Crippen LogP contribution in [0.2, 0.25) is 5.02 Å². The number of methoxy groups -OCH3 is 3. The van der Waals surface area contributed by atoms with Crippen molar-refractivity contribution in [3.8, 4) is 11.5 Å². The Morgan fingerprint density at radius 2 is 1.76 bits per heavy atom. The number of nitrogens with one attached hydrogen (secondary N) is 1. The van der Waals surface area contributed by atoms with E-state index in [1.54, 1.807) is 26.4 Å². The van der Waals surface area contributed by atoms with Gasteiger partial charge in [-0.1, -0.05) is 29.8 Å². The molecule has 4 rings (SSSR count). The van der Waals surface area contributed by atoms with Crippen LogP contribution in [0.5, 0.6) is 11.5 Å². The number of allylic oxidation sites excluding steroid dienone is 3. The topological polar surface area (TPSA) is 73.9 Å². The molecule has 0 amide bonds. The van der Waals surface area contributed by atoms with Crippen LogP contribution in [-0.4, -0.2) is 33.1 Å². The first kappa shape index (κ1) is 22.9. The molecule has 0 bridgehead atoms. The highest BCUT2D eigenvalue weighted by Gasteiger charge is 2.41. The van der Waals surface area contributed by atoms with Crippen LogP contribution < -0.4 is 14.8 Å². The molecule has 1 aliphatic carbocycles. The summed E-state index contributed by atoms with van der Waals surface area (Å²) >= 11 is 6.26. The van der Waals surface area contributed by atoms with Crippen molar-refractivity contribution in [3.05, 3.63) is 81.2 Å². The average molecular weight is 468 g/mol. The van der Waals surface area contributed by atoms with Gasteiger partial charge in [-0.15, -0.1) is 0 Å². The van der Waals surface area contributed by atoms with Crippen molar-refractivity contribution in [2.24, 2.45) is 0 Å². The van der Waals surface area contributed by atoms with Gasteiger partial charge in [0, 0.05) is 34.3 Å². The Bertz CT molecular complexity index is 1180. The standard InChI is InChI=1S/C26H26ClNO5/c1-14-23(26(30)33-4)24(16-6-5-7-18(27)10-16)25-19(28-14)11-17(12-20(25)29)15-8-9-21(31-2)22(13-15)32-3/h5-10,13,17,24,28H,11-12H2,1-4H3/t17-,24+/m1/s1. The quantitative estimate of drug-likeness (QED) is 0.631. The molecule has 0 radical (unpaired) electrons. The molecule has 1 aliphatic heterocycles. The van der Waals surface area contributed by atoms with Crippen molar-refractivity contribution in [3.63, 3.8) is 0 Å². The van der Waals surface area contributed by atoms with Crippen LogP contribution in [0.15, 0.2) is 65.0 Å². The molecule has 7 heteroatoms. The third-order valence-electron chi connectivity index (χ3n) is 6.29. The zero-order valence-electron chi connectivity index (χ0n) is 19.0. The molecule has 1 heterocycles. The fraction of sp³-hybridized carbons (Fsp3) is 0.308. The van der Waals surface area contributed by atoms with Gasteiger partial charge in [0.25, 0.3) is 0 Å². The van der Waals surface area contributed by atoms with E-state index >= 15 is 0 Å². The molecule has 0 fully saturated rings. The van der Waals surface area contributed by atoms with Gasteiger partial charge in [0.1, 0.15) is 0 Å². The highest BCUT2D eigenvalue weighted by atomic mass is 35.5. The Morgan fingerprint density at radius 3 is 2.42 bits per heavy atom. The predicted octanol–water partition coefficient (Wildman–Crippen LogP) is 4.89. The maximum absolute atomic E-state index is 13.6. The minimum atomic E-state index is -0.536. The summed E-state index contributed by atoms with van der Waals surface area (Å²) in [4.78, 5) is 26.3. The lowest BCUT2D eigenvalue weighted by Crippen LogP contribution is -2.36. The second kappa shape index (κ2) is 9.32. The molecule has 2 atom stereocenters. The van der Waals surface area contributed by atoms with Crippen molar-refractivity contribution in [2.45, 2.75) is 31.6 Å². The molecule has 1 N–H and O–H groups in total. The number of dihydropyridines is 1. The second-order valence-corrected chi connectivity index (χ2v) is 8.61. The first-order valence-electron chi connectivity index (χ1n) is 10.7. The van der Waals surface area contributed by atoms with Crippen LogP contribution in [0.25, 0.3) is 0 Å². The van der Waals surface area contributed by atoms with Crippen LogP contribution in [0.4, 0.5) is 0 Å².